The van der Waals surface area contributed by atoms with Gasteiger partial charge in [0.15, 0.2) is 0 Å². The fourth-order valence-corrected chi connectivity index (χ4v) is 4.18. The van der Waals surface area contributed by atoms with E-state index in [0.717, 1.165) is 13.0 Å². The molecule has 1 saturated heterocycles. The Bertz CT molecular complexity index is 784. The van der Waals surface area contributed by atoms with Gasteiger partial charge in [0, 0.05) is 12.6 Å². The topological polar surface area (TPSA) is 3.01 Å². The van der Waals surface area contributed by atoms with Crippen molar-refractivity contribution in [2.45, 2.75) is 18.0 Å². The Balaban J connectivity index is 1.80. The number of nitrogens with zero attached hydrogens (tertiary/aromatic N) is 1. The van der Waals surface area contributed by atoms with E-state index in [1.54, 1.807) is 0 Å². The normalized spacial score (nSPS) is 20.8. The standard InChI is InChI=1S/C24H23N/c1-2-18-25-23(19-20-12-6-3-7-13-20)24(25,21-14-8-4-9-15-21)22-16-10-5-11-17-22/h2-17,23H,1,18-19H2. The Hall–Kier alpha value is -2.64. The fourth-order valence-electron chi connectivity index (χ4n) is 4.18. The van der Waals surface area contributed by atoms with Gasteiger partial charge in [-0.2, -0.15) is 0 Å². The van der Waals surface area contributed by atoms with Crippen LogP contribution in [0.25, 0.3) is 0 Å². The first-order valence-corrected chi connectivity index (χ1v) is 8.90. The highest BCUT2D eigenvalue weighted by molar-refractivity contribution is 5.49. The summed E-state index contributed by atoms with van der Waals surface area (Å²) in [6.07, 6.45) is 3.06. The van der Waals surface area contributed by atoms with Gasteiger partial charge in [0.05, 0.1) is 5.54 Å². The van der Waals surface area contributed by atoms with Gasteiger partial charge >= 0.3 is 0 Å². The summed E-state index contributed by atoms with van der Waals surface area (Å²) in [5.41, 5.74) is 4.05. The molecular formula is C24H23N. The molecule has 0 saturated carbocycles. The van der Waals surface area contributed by atoms with Crippen LogP contribution in [0, 0.1) is 0 Å². The van der Waals surface area contributed by atoms with E-state index in [4.69, 9.17) is 0 Å². The van der Waals surface area contributed by atoms with E-state index in [0.29, 0.717) is 6.04 Å². The zero-order valence-electron chi connectivity index (χ0n) is 14.4. The fraction of sp³-hybridized carbons (Fsp3) is 0.167. The van der Waals surface area contributed by atoms with Gasteiger partial charge in [0.2, 0.25) is 0 Å². The molecule has 0 amide bonds. The van der Waals surface area contributed by atoms with Crippen molar-refractivity contribution in [3.8, 4) is 0 Å². The molecule has 1 aliphatic rings. The lowest BCUT2D eigenvalue weighted by Crippen LogP contribution is -2.19. The van der Waals surface area contributed by atoms with Crippen LogP contribution < -0.4 is 0 Å². The van der Waals surface area contributed by atoms with E-state index < -0.39 is 0 Å². The van der Waals surface area contributed by atoms with Crippen molar-refractivity contribution in [2.24, 2.45) is 0 Å². The van der Waals surface area contributed by atoms with Crippen molar-refractivity contribution >= 4 is 0 Å². The van der Waals surface area contributed by atoms with Gasteiger partial charge < -0.3 is 0 Å². The highest BCUT2D eigenvalue weighted by atomic mass is 15.4. The molecule has 1 aliphatic heterocycles. The number of rotatable bonds is 6. The highest BCUT2D eigenvalue weighted by Crippen LogP contribution is 2.55. The number of hydrogen-bond donors (Lipinski definition) is 0. The monoisotopic (exact) mass is 325 g/mol. The maximum absolute atomic E-state index is 3.99. The molecule has 0 bridgehead atoms. The summed E-state index contributed by atoms with van der Waals surface area (Å²) in [5, 5.41) is 0. The number of hydrogen-bond acceptors (Lipinski definition) is 1. The minimum Gasteiger partial charge on any atom is -0.279 e. The van der Waals surface area contributed by atoms with E-state index in [-0.39, 0.29) is 5.54 Å². The average molecular weight is 325 g/mol. The van der Waals surface area contributed by atoms with Gasteiger partial charge in [-0.25, -0.2) is 0 Å². The maximum Gasteiger partial charge on any atom is 0.0883 e. The van der Waals surface area contributed by atoms with Gasteiger partial charge in [-0.3, -0.25) is 4.90 Å². The Morgan fingerprint density at radius 2 is 1.24 bits per heavy atom. The molecule has 1 fully saturated rings. The Kier molecular flexibility index (Phi) is 4.25. The molecule has 0 aromatic heterocycles. The summed E-state index contributed by atoms with van der Waals surface area (Å²) < 4.78 is 0. The first-order valence-electron chi connectivity index (χ1n) is 8.90. The Labute approximate surface area is 150 Å². The first-order chi connectivity index (χ1) is 12.4. The average Bonchev–Trinajstić information content (AvgIpc) is 3.31. The second-order valence-corrected chi connectivity index (χ2v) is 6.64. The molecular weight excluding hydrogens is 302 g/mol. The van der Waals surface area contributed by atoms with Gasteiger partial charge in [-0.15, -0.1) is 6.58 Å². The lowest BCUT2D eigenvalue weighted by molar-refractivity contribution is 0.485. The molecule has 0 aliphatic carbocycles. The third kappa shape index (κ3) is 2.71. The molecule has 3 aromatic carbocycles. The number of benzene rings is 3. The quantitative estimate of drug-likeness (QED) is 0.453. The lowest BCUT2D eigenvalue weighted by atomic mass is 9.85. The second kappa shape index (κ2) is 6.70. The maximum atomic E-state index is 3.99. The van der Waals surface area contributed by atoms with Gasteiger partial charge in [-0.05, 0) is 23.1 Å². The predicted molar refractivity (Wildman–Crippen MR) is 105 cm³/mol. The van der Waals surface area contributed by atoms with Crippen molar-refractivity contribution in [3.63, 3.8) is 0 Å². The summed E-state index contributed by atoms with van der Waals surface area (Å²) in [6, 6.07) is 33.0. The van der Waals surface area contributed by atoms with Gasteiger partial charge in [-0.1, -0.05) is 97.1 Å². The summed E-state index contributed by atoms with van der Waals surface area (Å²) >= 11 is 0. The minimum atomic E-state index is -0.0629. The Morgan fingerprint density at radius 3 is 1.72 bits per heavy atom. The molecule has 4 rings (SSSR count). The largest absolute Gasteiger partial charge is 0.279 e. The molecule has 1 heteroatoms. The highest BCUT2D eigenvalue weighted by Gasteiger charge is 2.63. The zero-order chi connectivity index (χ0) is 17.1. The minimum absolute atomic E-state index is 0.0629. The van der Waals surface area contributed by atoms with E-state index in [9.17, 15) is 0 Å². The van der Waals surface area contributed by atoms with Crippen LogP contribution in [-0.4, -0.2) is 17.5 Å². The second-order valence-electron chi connectivity index (χ2n) is 6.64. The molecule has 25 heavy (non-hydrogen) atoms. The molecule has 0 N–H and O–H groups in total. The van der Waals surface area contributed by atoms with E-state index >= 15 is 0 Å². The predicted octanol–water partition coefficient (Wildman–Crippen LogP) is 5.04. The van der Waals surface area contributed by atoms with Crippen molar-refractivity contribution in [2.75, 3.05) is 6.54 Å². The van der Waals surface area contributed by atoms with Crippen molar-refractivity contribution in [3.05, 3.63) is 120 Å². The van der Waals surface area contributed by atoms with Gasteiger partial charge in [0.25, 0.3) is 0 Å². The smallest absolute Gasteiger partial charge is 0.0883 e. The van der Waals surface area contributed by atoms with Crippen molar-refractivity contribution in [1.82, 2.24) is 4.90 Å². The molecule has 2 unspecified atom stereocenters. The van der Waals surface area contributed by atoms with Crippen LogP contribution in [0.5, 0.6) is 0 Å². The van der Waals surface area contributed by atoms with Crippen LogP contribution in [0.4, 0.5) is 0 Å². The van der Waals surface area contributed by atoms with Gasteiger partial charge in [0.1, 0.15) is 0 Å². The molecule has 1 heterocycles. The van der Waals surface area contributed by atoms with Crippen molar-refractivity contribution < 1.29 is 0 Å². The molecule has 0 spiro atoms. The summed E-state index contributed by atoms with van der Waals surface area (Å²) in [4.78, 5) is 2.57. The molecule has 3 aromatic rings. The molecule has 124 valence electrons. The van der Waals surface area contributed by atoms with Crippen molar-refractivity contribution in [1.29, 1.82) is 0 Å². The lowest BCUT2D eigenvalue weighted by Gasteiger charge is -2.19. The summed E-state index contributed by atoms with van der Waals surface area (Å²) in [5.74, 6) is 0. The molecule has 2 atom stereocenters. The van der Waals surface area contributed by atoms with Crippen LogP contribution in [-0.2, 0) is 12.0 Å². The molecule has 1 nitrogen and oxygen atoms in total. The van der Waals surface area contributed by atoms with Crippen LogP contribution in [0.15, 0.2) is 104 Å². The zero-order valence-corrected chi connectivity index (χ0v) is 14.4. The first kappa shape index (κ1) is 15.9. The summed E-state index contributed by atoms with van der Waals surface area (Å²) in [7, 11) is 0. The van der Waals surface area contributed by atoms with Crippen LogP contribution >= 0.6 is 0 Å². The third-order valence-electron chi connectivity index (χ3n) is 5.27. The van der Waals surface area contributed by atoms with Crippen LogP contribution in [0.2, 0.25) is 0 Å². The van der Waals surface area contributed by atoms with E-state index in [1.807, 2.05) is 6.08 Å². The molecule has 0 radical (unpaired) electrons. The summed E-state index contributed by atoms with van der Waals surface area (Å²) in [6.45, 7) is 4.88. The van der Waals surface area contributed by atoms with Crippen LogP contribution in [0.3, 0.4) is 0 Å². The van der Waals surface area contributed by atoms with E-state index in [1.165, 1.54) is 16.7 Å². The third-order valence-corrected chi connectivity index (χ3v) is 5.27. The SMILES string of the molecule is C=CCN1C(Cc2ccccc2)C1(c1ccccc1)c1ccccc1. The Morgan fingerprint density at radius 1 is 0.760 bits per heavy atom. The van der Waals surface area contributed by atoms with Crippen LogP contribution in [0.1, 0.15) is 16.7 Å². The van der Waals surface area contributed by atoms with E-state index in [2.05, 4.69) is 102 Å².